The Kier molecular flexibility index (Phi) is 4.58. The maximum absolute atomic E-state index is 10.4. The Balaban J connectivity index is 3.23. The van der Waals surface area contributed by atoms with Gasteiger partial charge in [0.05, 0.1) is 0 Å². The normalized spacial score (nSPS) is 8.27. The summed E-state index contributed by atoms with van der Waals surface area (Å²) in [6.07, 6.45) is 5.19. The van der Waals surface area contributed by atoms with E-state index in [1.807, 2.05) is 5.92 Å². The number of aliphatic carboxylic acids is 1. The Morgan fingerprint density at radius 3 is 2.64 bits per heavy atom. The van der Waals surface area contributed by atoms with Gasteiger partial charge in [-0.25, -0.2) is 0 Å². The molecule has 4 heteroatoms. The van der Waals surface area contributed by atoms with Gasteiger partial charge in [-0.1, -0.05) is 0 Å². The number of carbonyl (C=O) groups is 2. The fourth-order valence-electron chi connectivity index (χ4n) is 0.493. The van der Waals surface area contributed by atoms with Crippen molar-refractivity contribution in [3.63, 3.8) is 0 Å². The third-order valence-electron chi connectivity index (χ3n) is 0.984. The van der Waals surface area contributed by atoms with E-state index in [2.05, 4.69) is 5.32 Å². The molecule has 0 aliphatic carbocycles. The Hall–Kier alpha value is -1.50. The fourth-order valence-corrected chi connectivity index (χ4v) is 0.493. The third-order valence-corrected chi connectivity index (χ3v) is 0.984. The van der Waals surface area contributed by atoms with Gasteiger partial charge in [0.1, 0.15) is 0 Å². The molecule has 4 nitrogen and oxygen atoms in total. The minimum atomic E-state index is -0.875. The second-order valence-corrected chi connectivity index (χ2v) is 1.90. The lowest BCUT2D eigenvalue weighted by molar-refractivity contribution is -0.137. The van der Waals surface area contributed by atoms with Gasteiger partial charge in [-0.05, 0) is 12.3 Å². The minimum absolute atomic E-state index is 0.0465. The van der Waals surface area contributed by atoms with Crippen molar-refractivity contribution in [3.8, 4) is 12.3 Å². The van der Waals surface area contributed by atoms with Crippen LogP contribution in [-0.4, -0.2) is 23.5 Å². The van der Waals surface area contributed by atoms with Crippen molar-refractivity contribution in [2.45, 2.75) is 12.8 Å². The summed E-state index contributed by atoms with van der Waals surface area (Å²) in [7, 11) is 0. The first-order chi connectivity index (χ1) is 5.16. The maximum atomic E-state index is 10.4. The number of rotatable bonds is 4. The van der Waals surface area contributed by atoms with Crippen molar-refractivity contribution in [2.24, 2.45) is 0 Å². The van der Waals surface area contributed by atoms with Gasteiger partial charge in [-0.3, -0.25) is 9.59 Å². The van der Waals surface area contributed by atoms with Gasteiger partial charge in [-0.15, -0.1) is 6.42 Å². The molecule has 0 aromatic heterocycles. The van der Waals surface area contributed by atoms with Crippen LogP contribution >= 0.6 is 0 Å². The number of terminal acetylenes is 1. The highest BCUT2D eigenvalue weighted by atomic mass is 16.4. The average Bonchev–Trinajstić information content (AvgIpc) is 1.97. The minimum Gasteiger partial charge on any atom is -0.481 e. The zero-order valence-corrected chi connectivity index (χ0v) is 5.96. The summed E-state index contributed by atoms with van der Waals surface area (Å²) >= 11 is 0. The third kappa shape index (κ3) is 6.38. The van der Waals surface area contributed by atoms with E-state index < -0.39 is 11.9 Å². The summed E-state index contributed by atoms with van der Waals surface area (Å²) in [6, 6.07) is 0. The molecule has 11 heavy (non-hydrogen) atoms. The van der Waals surface area contributed by atoms with Crippen LogP contribution in [0.3, 0.4) is 0 Å². The molecule has 1 amide bonds. The summed E-state index contributed by atoms with van der Waals surface area (Å²) < 4.78 is 0. The molecular weight excluding hydrogens is 146 g/mol. The summed E-state index contributed by atoms with van der Waals surface area (Å²) in [6.45, 7) is 0.315. The predicted octanol–water partition coefficient (Wildman–Crippen LogP) is -0.399. The molecule has 0 bridgehead atoms. The van der Waals surface area contributed by atoms with Crippen LogP contribution < -0.4 is 5.32 Å². The maximum Gasteiger partial charge on any atom is 0.303 e. The lowest BCUT2D eigenvalue weighted by Crippen LogP contribution is -2.22. The number of carbonyl (C=O) groups excluding carboxylic acids is 1. The number of hydrogen-bond donors (Lipinski definition) is 2. The summed E-state index contributed by atoms with van der Waals surface area (Å²) in [5.74, 6) is 0.476. The van der Waals surface area contributed by atoms with Gasteiger partial charge < -0.3 is 10.4 Å². The van der Waals surface area contributed by atoms with E-state index in [9.17, 15) is 9.59 Å². The number of hydrogen-bond acceptors (Lipinski definition) is 2. The van der Waals surface area contributed by atoms with E-state index in [0.29, 0.717) is 13.0 Å². The molecule has 60 valence electrons. The van der Waals surface area contributed by atoms with E-state index >= 15 is 0 Å². The first-order valence-electron chi connectivity index (χ1n) is 3.13. The Morgan fingerprint density at radius 1 is 1.55 bits per heavy atom. The van der Waals surface area contributed by atoms with Crippen molar-refractivity contribution in [3.05, 3.63) is 0 Å². The lowest BCUT2D eigenvalue weighted by Gasteiger charge is -1.96. The van der Waals surface area contributed by atoms with E-state index in [1.165, 1.54) is 0 Å². The molecule has 0 saturated carbocycles. The standard InChI is InChI=1S/C7H9NO3/c1-2-6(9)8-5-3-4-7(10)11/h1H,3-5H2,(H,8,9)(H,10,11). The average molecular weight is 155 g/mol. The van der Waals surface area contributed by atoms with Crippen molar-refractivity contribution in [2.75, 3.05) is 6.54 Å². The van der Waals surface area contributed by atoms with Crippen LogP contribution in [0, 0.1) is 12.3 Å². The molecule has 0 aliphatic rings. The molecule has 0 radical (unpaired) electrons. The Labute approximate surface area is 64.6 Å². The second-order valence-electron chi connectivity index (χ2n) is 1.90. The summed E-state index contributed by atoms with van der Waals surface area (Å²) in [4.78, 5) is 20.3. The van der Waals surface area contributed by atoms with Crippen molar-refractivity contribution in [1.29, 1.82) is 0 Å². The van der Waals surface area contributed by atoms with Crippen molar-refractivity contribution in [1.82, 2.24) is 5.32 Å². The molecule has 0 rings (SSSR count). The van der Waals surface area contributed by atoms with Gasteiger partial charge >= 0.3 is 5.97 Å². The van der Waals surface area contributed by atoms with Gasteiger partial charge in [-0.2, -0.15) is 0 Å². The van der Waals surface area contributed by atoms with Crippen LogP contribution in [0.25, 0.3) is 0 Å². The van der Waals surface area contributed by atoms with E-state index in [4.69, 9.17) is 11.5 Å². The molecule has 2 N–H and O–H groups in total. The molecule has 0 saturated heterocycles. The molecule has 0 fully saturated rings. The number of amides is 1. The van der Waals surface area contributed by atoms with Gasteiger partial charge in [0, 0.05) is 13.0 Å². The molecule has 0 aliphatic heterocycles. The summed E-state index contributed by atoms with van der Waals surface area (Å²) in [5, 5.41) is 10.5. The highest BCUT2D eigenvalue weighted by Gasteiger charge is 1.97. The van der Waals surface area contributed by atoms with E-state index in [1.54, 1.807) is 0 Å². The zero-order valence-electron chi connectivity index (χ0n) is 5.96. The number of carboxylic acid groups (broad SMARTS) is 1. The van der Waals surface area contributed by atoms with Crippen LogP contribution in [-0.2, 0) is 9.59 Å². The lowest BCUT2D eigenvalue weighted by atomic mass is 10.3. The first-order valence-corrected chi connectivity index (χ1v) is 3.13. The van der Waals surface area contributed by atoms with E-state index in [-0.39, 0.29) is 6.42 Å². The summed E-state index contributed by atoms with van der Waals surface area (Å²) in [5.41, 5.74) is 0. The van der Waals surface area contributed by atoms with Crippen molar-refractivity contribution < 1.29 is 14.7 Å². The van der Waals surface area contributed by atoms with Gasteiger partial charge in [0.2, 0.25) is 0 Å². The molecule has 0 aromatic rings. The van der Waals surface area contributed by atoms with Crippen LogP contribution in [0.4, 0.5) is 0 Å². The van der Waals surface area contributed by atoms with Crippen LogP contribution in [0.1, 0.15) is 12.8 Å². The monoisotopic (exact) mass is 155 g/mol. The van der Waals surface area contributed by atoms with E-state index in [0.717, 1.165) is 0 Å². The quantitative estimate of drug-likeness (QED) is 0.429. The SMILES string of the molecule is C#CC(=O)NCCCC(=O)O. The number of nitrogens with one attached hydrogen (secondary N) is 1. The van der Waals surface area contributed by atoms with Crippen LogP contribution in [0.15, 0.2) is 0 Å². The van der Waals surface area contributed by atoms with Crippen LogP contribution in [0.2, 0.25) is 0 Å². The molecule has 0 aromatic carbocycles. The van der Waals surface area contributed by atoms with Gasteiger partial charge in [0.15, 0.2) is 0 Å². The first kappa shape index (κ1) is 9.50. The largest absolute Gasteiger partial charge is 0.481 e. The van der Waals surface area contributed by atoms with Gasteiger partial charge in [0.25, 0.3) is 5.91 Å². The van der Waals surface area contributed by atoms with Crippen molar-refractivity contribution >= 4 is 11.9 Å². The second kappa shape index (κ2) is 5.30. The number of carboxylic acids is 1. The van der Waals surface area contributed by atoms with Crippen LogP contribution in [0.5, 0.6) is 0 Å². The molecular formula is C7H9NO3. The highest BCUT2D eigenvalue weighted by molar-refractivity contribution is 5.92. The zero-order chi connectivity index (χ0) is 8.69. The smallest absolute Gasteiger partial charge is 0.303 e. The fraction of sp³-hybridized carbons (Fsp3) is 0.429. The molecule has 0 spiro atoms. The predicted molar refractivity (Wildman–Crippen MR) is 38.7 cm³/mol. The highest BCUT2D eigenvalue weighted by Crippen LogP contribution is 1.85. The topological polar surface area (TPSA) is 66.4 Å². The molecule has 0 heterocycles. The Bertz CT molecular complexity index is 192. The molecule has 0 unspecified atom stereocenters. The molecule has 0 atom stereocenters. The Morgan fingerprint density at radius 2 is 2.18 bits per heavy atom.